The quantitative estimate of drug-likeness (QED) is 0.336. The van der Waals surface area contributed by atoms with Crippen LogP contribution in [0.15, 0.2) is 24.4 Å². The van der Waals surface area contributed by atoms with Crippen LogP contribution in [0.5, 0.6) is 23.0 Å². The molecule has 3 N–H and O–H groups in total. The van der Waals surface area contributed by atoms with Crippen molar-refractivity contribution in [2.24, 2.45) is 0 Å². The number of nitrogens with zero attached hydrogens (tertiary/aromatic N) is 4. The van der Waals surface area contributed by atoms with E-state index in [1.165, 1.54) is 6.20 Å². The topological polar surface area (TPSA) is 131 Å². The summed E-state index contributed by atoms with van der Waals surface area (Å²) in [4.78, 5) is 21.7. The Balaban J connectivity index is 0.00000343. The zero-order chi connectivity index (χ0) is 30.3. The number of ether oxygens (including phenoxy) is 2. The van der Waals surface area contributed by atoms with Gasteiger partial charge in [0.25, 0.3) is 5.91 Å². The first-order valence-electron chi connectivity index (χ1n) is 14.4. The summed E-state index contributed by atoms with van der Waals surface area (Å²) in [6.07, 6.45) is 2.51. The van der Waals surface area contributed by atoms with Gasteiger partial charge >= 0.3 is 0 Å². The van der Waals surface area contributed by atoms with Gasteiger partial charge in [0.1, 0.15) is 22.7 Å². The minimum atomic E-state index is -0.554. The third-order valence-electron chi connectivity index (χ3n) is 9.92. The minimum Gasteiger partial charge on any atom is -0.507 e. The number of fused-ring (bicyclic) bond motifs is 9. The number of halogens is 1. The minimum absolute atomic E-state index is 0. The first-order valence-corrected chi connectivity index (χ1v) is 14.7. The number of aromatic hydroxyl groups is 2. The van der Waals surface area contributed by atoms with Crippen LogP contribution < -0.4 is 14.8 Å². The second-order valence-corrected chi connectivity index (χ2v) is 12.3. The van der Waals surface area contributed by atoms with Gasteiger partial charge < -0.3 is 25.0 Å². The van der Waals surface area contributed by atoms with E-state index < -0.39 is 18.0 Å². The van der Waals surface area contributed by atoms with E-state index in [0.29, 0.717) is 41.0 Å². The Labute approximate surface area is 296 Å². The molecule has 1 amide bonds. The third kappa shape index (κ3) is 4.52. The van der Waals surface area contributed by atoms with E-state index in [1.54, 1.807) is 19.1 Å². The summed E-state index contributed by atoms with van der Waals surface area (Å²) in [6, 6.07) is 6.13. The molecule has 4 aliphatic rings. The number of rotatable bonds is 3. The Morgan fingerprint density at radius 2 is 1.89 bits per heavy atom. The number of amides is 1. The number of likely N-dealkylation sites (N-methyl/N-ethyl adjacent to an activating group) is 1. The summed E-state index contributed by atoms with van der Waals surface area (Å²) in [5.74, 6) is 0.984. The third-order valence-corrected chi connectivity index (χ3v) is 10.2. The molecule has 1 radical (unpaired) electrons. The molecule has 1 unspecified atom stereocenters. The van der Waals surface area contributed by atoms with Gasteiger partial charge in [-0.15, -0.1) is 0 Å². The van der Waals surface area contributed by atoms with Crippen LogP contribution in [0, 0.1) is 76.2 Å². The standard InChI is InChI=1S/C32H32ClN5O5.Ac/c1-14-8-17-9-20-22(11-34)38-21(26(37(20)4)24(17)28(40)15(14)2)10-19-25(30-29(42-13-43-30)16(3)27(19)39)23(38)12-36-32(41)18-6-5-7-35-31(18)33;/h5-8,20-23,26,39-40H,9-10,12-13H2,1-4H3,(H,36,41);/t20-,21?,22-,23-,26-;/m0./s1. The molecule has 4 aliphatic heterocycles. The zero-order valence-corrected chi connectivity index (χ0v) is 30.4. The molecule has 7 rings (SSSR count). The molecule has 12 heteroatoms. The number of aryl methyl sites for hydroxylation is 1. The summed E-state index contributed by atoms with van der Waals surface area (Å²) >= 11 is 6.24. The number of nitrogens with one attached hydrogen (secondary N) is 1. The van der Waals surface area contributed by atoms with E-state index >= 15 is 0 Å². The van der Waals surface area contributed by atoms with Crippen molar-refractivity contribution < 1.29 is 68.5 Å². The summed E-state index contributed by atoms with van der Waals surface area (Å²) in [7, 11) is 2.01. The average Bonchev–Trinajstić information content (AvgIpc) is 3.48. The van der Waals surface area contributed by atoms with Crippen molar-refractivity contribution in [1.29, 1.82) is 5.26 Å². The van der Waals surface area contributed by atoms with Gasteiger partial charge in [0.15, 0.2) is 11.5 Å². The SMILES string of the molecule is Cc1cc2c(c(O)c1C)[C@@H]1C3Cc4c(O)c(C)c5c(c4[C@H](CNC(=O)c4cccnc4Cl)N3[C@@H](C#N)[C@H](C2)N1C)OCO5.[Ac]. The van der Waals surface area contributed by atoms with Crippen molar-refractivity contribution >= 4 is 17.5 Å². The molecule has 3 aromatic rings. The fourth-order valence-electron chi connectivity index (χ4n) is 7.75. The molecular weight excluding hydrogens is 797 g/mol. The fourth-order valence-corrected chi connectivity index (χ4v) is 7.95. The molecule has 1 fully saturated rings. The van der Waals surface area contributed by atoms with Gasteiger partial charge in [-0.05, 0) is 69.5 Å². The molecule has 0 aliphatic carbocycles. The predicted octanol–water partition coefficient (Wildman–Crippen LogP) is 4.00. The number of carbonyl (C=O) groups is 1. The van der Waals surface area contributed by atoms with Gasteiger partial charge in [-0.3, -0.25) is 14.6 Å². The normalized spacial score (nSPS) is 24.8. The molecular formula is C32H32AcClN5O5. The summed E-state index contributed by atoms with van der Waals surface area (Å²) in [5, 5.41) is 36.9. The summed E-state index contributed by atoms with van der Waals surface area (Å²) < 4.78 is 11.8. The number of hydrogen-bond donors (Lipinski definition) is 3. The number of benzene rings is 2. The maximum absolute atomic E-state index is 13.3. The van der Waals surface area contributed by atoms with Gasteiger partial charge in [-0.1, -0.05) is 17.7 Å². The summed E-state index contributed by atoms with van der Waals surface area (Å²) in [5.41, 5.74) is 5.97. The Kier molecular flexibility index (Phi) is 8.30. The van der Waals surface area contributed by atoms with E-state index in [-0.39, 0.29) is 97.7 Å². The van der Waals surface area contributed by atoms with E-state index in [4.69, 9.17) is 21.1 Å². The smallest absolute Gasteiger partial charge is 0.254 e. The molecule has 5 heterocycles. The molecule has 225 valence electrons. The van der Waals surface area contributed by atoms with Gasteiger partial charge in [0.2, 0.25) is 6.79 Å². The molecule has 1 aromatic heterocycles. The van der Waals surface area contributed by atoms with Crippen molar-refractivity contribution in [3.8, 4) is 29.1 Å². The Hall–Kier alpha value is -2.60. The number of aromatic nitrogens is 1. The van der Waals surface area contributed by atoms with Crippen molar-refractivity contribution in [2.75, 3.05) is 20.4 Å². The number of phenols is 2. The van der Waals surface area contributed by atoms with Crippen molar-refractivity contribution in [1.82, 2.24) is 20.1 Å². The first-order chi connectivity index (χ1) is 20.6. The van der Waals surface area contributed by atoms with E-state index in [0.717, 1.165) is 22.3 Å². The molecule has 0 saturated carbocycles. The molecule has 1 saturated heterocycles. The van der Waals surface area contributed by atoms with Gasteiger partial charge in [0, 0.05) is 91.1 Å². The monoisotopic (exact) mass is 828 g/mol. The van der Waals surface area contributed by atoms with Gasteiger partial charge in [-0.25, -0.2) is 4.98 Å². The van der Waals surface area contributed by atoms with Gasteiger partial charge in [-0.2, -0.15) is 5.26 Å². The second-order valence-electron chi connectivity index (χ2n) is 11.9. The molecule has 2 bridgehead atoms. The van der Waals surface area contributed by atoms with E-state index in [2.05, 4.69) is 32.2 Å². The number of piperazine rings is 1. The molecule has 5 atom stereocenters. The molecule has 44 heavy (non-hydrogen) atoms. The van der Waals surface area contributed by atoms with Crippen LogP contribution in [0.4, 0.5) is 0 Å². The van der Waals surface area contributed by atoms with Crippen molar-refractivity contribution in [3.05, 3.63) is 74.1 Å². The maximum atomic E-state index is 13.3. The average molecular weight is 829 g/mol. The van der Waals surface area contributed by atoms with Crippen LogP contribution >= 0.6 is 11.6 Å². The van der Waals surface area contributed by atoms with Crippen LogP contribution in [0.2, 0.25) is 5.15 Å². The second kappa shape index (κ2) is 11.6. The first kappa shape index (κ1) is 31.4. The van der Waals surface area contributed by atoms with Crippen LogP contribution in [0.3, 0.4) is 0 Å². The number of phenolic OH excluding ortho intramolecular Hbond substituents is 2. The van der Waals surface area contributed by atoms with Crippen LogP contribution in [-0.4, -0.2) is 69.4 Å². The Morgan fingerprint density at radius 1 is 1.14 bits per heavy atom. The number of nitriles is 1. The maximum Gasteiger partial charge on any atom is 0.254 e. The fraction of sp³-hybridized carbons (Fsp3) is 0.406. The van der Waals surface area contributed by atoms with Crippen LogP contribution in [-0.2, 0) is 12.8 Å². The molecule has 0 spiro atoms. The number of carbonyl (C=O) groups excluding carboxylic acids is 1. The number of hydrogen-bond acceptors (Lipinski definition) is 9. The van der Waals surface area contributed by atoms with Crippen molar-refractivity contribution in [2.45, 2.75) is 63.8 Å². The summed E-state index contributed by atoms with van der Waals surface area (Å²) in [6.45, 7) is 5.83. The van der Waals surface area contributed by atoms with Crippen molar-refractivity contribution in [3.63, 3.8) is 0 Å². The van der Waals surface area contributed by atoms with E-state index in [9.17, 15) is 20.3 Å². The van der Waals surface area contributed by atoms with E-state index in [1.807, 2.05) is 20.9 Å². The molecule has 10 nitrogen and oxygen atoms in total. The largest absolute Gasteiger partial charge is 0.507 e. The predicted molar refractivity (Wildman–Crippen MR) is 158 cm³/mol. The number of pyridine rings is 1. The Morgan fingerprint density at radius 3 is 2.61 bits per heavy atom. The van der Waals surface area contributed by atoms with Gasteiger partial charge in [0.05, 0.1) is 23.7 Å². The van der Waals surface area contributed by atoms with Crippen LogP contribution in [0.25, 0.3) is 0 Å². The van der Waals surface area contributed by atoms with Crippen LogP contribution in [0.1, 0.15) is 61.4 Å². The Bertz CT molecular complexity index is 1750. The zero-order valence-electron chi connectivity index (χ0n) is 24.9. The molecule has 2 aromatic carbocycles.